The highest BCUT2D eigenvalue weighted by Crippen LogP contribution is 2.57. The summed E-state index contributed by atoms with van der Waals surface area (Å²) < 4.78 is 49.9. The van der Waals surface area contributed by atoms with Crippen LogP contribution in [0.3, 0.4) is 0 Å². The Labute approximate surface area is 582 Å². The first-order chi connectivity index (χ1) is 49.0. The average Bonchev–Trinajstić information content (AvgIpc) is 1.58. The third-order valence-corrected chi connectivity index (χ3v) is 20.2. The van der Waals surface area contributed by atoms with Crippen molar-refractivity contribution in [2.24, 2.45) is 0 Å². The summed E-state index contributed by atoms with van der Waals surface area (Å²) >= 11 is 0. The predicted octanol–water partition coefficient (Wildman–Crippen LogP) is 19.8. The van der Waals surface area contributed by atoms with Crippen LogP contribution < -0.4 is 9.80 Å². The van der Waals surface area contributed by atoms with E-state index in [1.807, 2.05) is 0 Å². The minimum Gasteiger partial charge on any atom is -0.382 e. The van der Waals surface area contributed by atoms with Gasteiger partial charge < -0.3 is 52.3 Å². The fourth-order valence-electron chi connectivity index (χ4n) is 15.5. The van der Waals surface area contributed by atoms with E-state index < -0.39 is 10.8 Å². The maximum Gasteiger partial charge on any atom is 0.0700 e. The zero-order valence-corrected chi connectivity index (χ0v) is 57.2. The predicted molar refractivity (Wildman–Crippen MR) is 403 cm³/mol. The van der Waals surface area contributed by atoms with Gasteiger partial charge >= 0.3 is 0 Å². The van der Waals surface area contributed by atoms with E-state index in [4.69, 9.17) is 37.9 Å². The van der Waals surface area contributed by atoms with Gasteiger partial charge in [-0.05, 0) is 196 Å². The summed E-state index contributed by atoms with van der Waals surface area (Å²) in [7, 11) is 6.89. The Morgan fingerprint density at radius 3 is 1.14 bits per heavy atom. The van der Waals surface area contributed by atoms with Gasteiger partial charge in [-0.15, -0.1) is 0 Å². The molecule has 0 amide bonds. The van der Waals surface area contributed by atoms with Crippen LogP contribution in [0, 0.1) is 0 Å². The van der Waals surface area contributed by atoms with Crippen molar-refractivity contribution in [3.8, 4) is 50.2 Å². The molecule has 0 aliphatic heterocycles. The molecule has 14 rings (SSSR count). The first kappa shape index (κ1) is 66.7. The molecule has 2 aliphatic carbocycles. The van der Waals surface area contributed by atoms with E-state index in [1.54, 1.807) is 28.4 Å². The lowest BCUT2D eigenvalue weighted by molar-refractivity contribution is 0.0490. The van der Waals surface area contributed by atoms with Gasteiger partial charge in [-0.25, -0.2) is 0 Å². The highest BCUT2D eigenvalue weighted by atomic mass is 16.5. The lowest BCUT2D eigenvalue weighted by atomic mass is 9.73. The van der Waals surface area contributed by atoms with Crippen LogP contribution in [-0.2, 0) is 48.7 Å². The fourth-order valence-corrected chi connectivity index (χ4v) is 15.5. The van der Waals surface area contributed by atoms with Crippen LogP contribution in [0.15, 0.2) is 261 Å². The number of fused-ring (bicyclic) bond motifs is 9. The molecule has 0 fully saturated rings. The zero-order valence-electron chi connectivity index (χ0n) is 57.2. The summed E-state index contributed by atoms with van der Waals surface area (Å²) in [6.07, 6.45) is 3.00. The summed E-state index contributed by atoms with van der Waals surface area (Å²) in [4.78, 5) is 4.80. The van der Waals surface area contributed by atoms with Crippen molar-refractivity contribution in [2.45, 2.75) is 36.5 Å². The van der Waals surface area contributed by atoms with Crippen molar-refractivity contribution < 1.29 is 37.9 Å². The van der Waals surface area contributed by atoms with Gasteiger partial charge in [0.25, 0.3) is 0 Å². The quantitative estimate of drug-likeness (QED) is 0.0371. The van der Waals surface area contributed by atoms with E-state index in [-0.39, 0.29) is 0 Å². The average molecular weight is 1310 g/mol. The summed E-state index contributed by atoms with van der Waals surface area (Å²) in [5.41, 5.74) is 23.4. The van der Waals surface area contributed by atoms with Crippen LogP contribution in [0.2, 0.25) is 0 Å². The van der Waals surface area contributed by atoms with Gasteiger partial charge in [0, 0.05) is 116 Å². The van der Waals surface area contributed by atoms with Crippen molar-refractivity contribution >= 4 is 55.9 Å². The van der Waals surface area contributed by atoms with Crippen LogP contribution in [0.4, 0.5) is 34.1 Å². The van der Waals surface area contributed by atoms with Crippen LogP contribution in [0.5, 0.6) is 0 Å². The Morgan fingerprint density at radius 1 is 0.263 bits per heavy atom. The molecular weight excluding hydrogens is 1230 g/mol. The molecule has 0 saturated carbocycles. The minimum atomic E-state index is -0.440. The zero-order chi connectivity index (χ0) is 67.4. The molecule has 0 atom stereocenters. The number of hydrogen-bond acceptors (Lipinski definition) is 10. The van der Waals surface area contributed by atoms with Gasteiger partial charge in [0.15, 0.2) is 0 Å². The monoisotopic (exact) mass is 1310 g/mol. The number of ether oxygens (including phenoxy) is 8. The summed E-state index contributed by atoms with van der Waals surface area (Å²) in [5.74, 6) is 0. The van der Waals surface area contributed by atoms with Gasteiger partial charge in [0.2, 0.25) is 0 Å². The summed E-state index contributed by atoms with van der Waals surface area (Å²) in [6, 6.07) is 96.1. The number of para-hydroxylation sites is 3. The molecule has 2 aliphatic rings. The van der Waals surface area contributed by atoms with Crippen molar-refractivity contribution in [1.29, 1.82) is 0 Å². The van der Waals surface area contributed by atoms with E-state index in [2.05, 4.69) is 275 Å². The van der Waals surface area contributed by atoms with E-state index >= 15 is 0 Å². The van der Waals surface area contributed by atoms with Crippen LogP contribution in [0.25, 0.3) is 72.0 Å². The summed E-state index contributed by atoms with van der Waals surface area (Å²) in [5, 5.41) is 2.37. The lowest BCUT2D eigenvalue weighted by Crippen LogP contribution is -2.30. The van der Waals surface area contributed by atoms with Crippen molar-refractivity contribution in [1.82, 2.24) is 4.57 Å². The first-order valence-corrected chi connectivity index (χ1v) is 34.8. The van der Waals surface area contributed by atoms with Gasteiger partial charge in [-0.2, -0.15) is 0 Å². The highest BCUT2D eigenvalue weighted by Gasteiger charge is 2.45. The number of rotatable bonds is 33. The van der Waals surface area contributed by atoms with E-state index in [0.29, 0.717) is 79.3 Å². The molecule has 0 spiro atoms. The second kappa shape index (κ2) is 31.1. The van der Waals surface area contributed by atoms with Crippen molar-refractivity contribution in [3.05, 3.63) is 283 Å². The van der Waals surface area contributed by atoms with Gasteiger partial charge in [-0.1, -0.05) is 158 Å². The molecule has 0 bridgehead atoms. The number of aromatic nitrogens is 1. The first-order valence-electron chi connectivity index (χ1n) is 34.8. The summed E-state index contributed by atoms with van der Waals surface area (Å²) in [6.45, 7) is 6.34. The second-order valence-corrected chi connectivity index (χ2v) is 25.7. The number of hydrogen-bond donors (Lipinski definition) is 0. The molecule has 1 heterocycles. The number of methoxy groups -OCH3 is 4. The van der Waals surface area contributed by atoms with Gasteiger partial charge in [0.05, 0.1) is 63.9 Å². The molecule has 11 heteroatoms. The van der Waals surface area contributed by atoms with Gasteiger partial charge in [0.1, 0.15) is 0 Å². The maximum atomic E-state index is 6.41. The normalized spacial score (nSPS) is 13.2. The fraction of sp³-hybridized carbons (Fsp3) is 0.250. The number of benzene rings is 11. The molecule has 0 N–H and O–H groups in total. The third-order valence-electron chi connectivity index (χ3n) is 20.2. The van der Waals surface area contributed by atoms with Crippen LogP contribution >= 0.6 is 0 Å². The van der Waals surface area contributed by atoms with Crippen LogP contribution in [-0.4, -0.2) is 112 Å². The largest absolute Gasteiger partial charge is 0.382 e. The second-order valence-electron chi connectivity index (χ2n) is 25.7. The lowest BCUT2D eigenvalue weighted by Gasteiger charge is -2.35. The molecule has 0 unspecified atom stereocenters. The smallest absolute Gasteiger partial charge is 0.0700 e. The molecule has 1 aromatic heterocycles. The maximum absolute atomic E-state index is 6.41. The van der Waals surface area contributed by atoms with Crippen molar-refractivity contribution in [2.75, 3.05) is 118 Å². The molecule has 502 valence electrons. The Bertz CT molecular complexity index is 4470. The van der Waals surface area contributed by atoms with E-state index in [0.717, 1.165) is 98.8 Å². The Morgan fingerprint density at radius 2 is 0.646 bits per heavy atom. The highest BCUT2D eigenvalue weighted by molar-refractivity contribution is 6.11. The molecule has 11 aromatic carbocycles. The minimum absolute atomic E-state index is 0.440. The molecule has 99 heavy (non-hydrogen) atoms. The molecule has 11 nitrogen and oxygen atoms in total. The number of nitrogens with zero attached hydrogens (tertiary/aromatic N) is 3. The Kier molecular flexibility index (Phi) is 21.0. The van der Waals surface area contributed by atoms with E-state index in [1.165, 1.54) is 55.3 Å². The molecule has 0 radical (unpaired) electrons. The molecular formula is C88H87N3O8. The van der Waals surface area contributed by atoms with Gasteiger partial charge in [-0.3, -0.25) is 0 Å². The topological polar surface area (TPSA) is 85.3 Å². The molecule has 0 saturated heterocycles. The standard InChI is InChI=1S/C88H87N3O8/c1-92-52-56-96-48-44-87(45-49-97-57-53-93-2)81-29-17-14-26-74(81)76-41-38-71(62-83(76)87)90(72-39-42-77-75-27-15-18-30-82(75)88(84(77)63-72,46-50-98-58-54-94-3)47-51-99-59-55-95-4)70-37-40-73(79(61-70)64-20-8-5-9-21-64)65-32-43-86-80(60-65)78-28-16-19-31-85(78)91(86)69-35-33-68(34-36-69)89(66-22-10-6-11-23-66)67-24-12-7-13-25-67/h5-43,60-63H,44-59H2,1-4H3. The Balaban J connectivity index is 0.928. The van der Waals surface area contributed by atoms with Crippen molar-refractivity contribution in [3.63, 3.8) is 0 Å². The molecule has 12 aromatic rings. The third kappa shape index (κ3) is 13.5. The van der Waals surface area contributed by atoms with Crippen LogP contribution in [0.1, 0.15) is 47.9 Å². The SMILES string of the molecule is COCCOCCC1(CCOCCOC)c2ccccc2-c2ccc(N(c3ccc(-c4ccc5c(c4)c4ccccc4n5-c4ccc(N(c5ccccc5)c5ccccc5)cc4)c(-c4ccccc4)c3)c3ccc4c(c3)C(CCOCCOC)(CCOCCOC)c3ccccc3-4)cc21. The van der Waals surface area contributed by atoms with E-state index in [9.17, 15) is 0 Å². The Hall–Kier alpha value is -9.50. The number of anilines is 6.